The number of benzene rings is 1. The van der Waals surface area contributed by atoms with Crippen molar-refractivity contribution in [1.82, 2.24) is 0 Å². The first-order valence-electron chi connectivity index (χ1n) is 5.12. The van der Waals surface area contributed by atoms with Gasteiger partial charge in [0, 0.05) is 0 Å². The van der Waals surface area contributed by atoms with Gasteiger partial charge in [-0.05, 0) is 23.6 Å². The van der Waals surface area contributed by atoms with Crippen molar-refractivity contribution in [2.75, 3.05) is 5.32 Å². The molecule has 0 aliphatic heterocycles. The Morgan fingerprint density at radius 1 is 1.21 bits per heavy atom. The Morgan fingerprint density at radius 2 is 1.95 bits per heavy atom. The van der Waals surface area contributed by atoms with Crippen LogP contribution in [-0.4, -0.2) is 11.8 Å². The number of nitrogens with one attached hydrogen (secondary N) is 1. The van der Waals surface area contributed by atoms with Gasteiger partial charge in [0.25, 0.3) is 5.91 Å². The lowest BCUT2D eigenvalue weighted by Gasteiger charge is -2.09. The minimum atomic E-state index is -0.687. The summed E-state index contributed by atoms with van der Waals surface area (Å²) in [4.78, 5) is 23.6. The Labute approximate surface area is 123 Å². The second kappa shape index (κ2) is 5.61. The van der Waals surface area contributed by atoms with E-state index in [1.165, 1.54) is 23.5 Å². The molecule has 0 bridgehead atoms. The van der Waals surface area contributed by atoms with Crippen LogP contribution in [0.2, 0.25) is 10.0 Å². The molecular formula is C12H8Cl2N2O2S. The molecule has 0 atom stereocenters. The zero-order valence-corrected chi connectivity index (χ0v) is 11.8. The molecule has 0 saturated heterocycles. The van der Waals surface area contributed by atoms with E-state index >= 15 is 0 Å². The van der Waals surface area contributed by atoms with E-state index in [9.17, 15) is 9.59 Å². The lowest BCUT2D eigenvalue weighted by Crippen LogP contribution is -2.14. The quantitative estimate of drug-likeness (QED) is 0.911. The summed E-state index contributed by atoms with van der Waals surface area (Å²) in [6.45, 7) is 0. The van der Waals surface area contributed by atoms with E-state index in [-0.39, 0.29) is 21.5 Å². The van der Waals surface area contributed by atoms with Crippen LogP contribution >= 0.6 is 34.5 Å². The molecule has 1 aromatic carbocycles. The maximum Gasteiger partial charge on any atom is 0.265 e. The Balaban J connectivity index is 2.32. The average Bonchev–Trinajstić information content (AvgIpc) is 2.85. The Hall–Kier alpha value is -1.56. The molecule has 2 aromatic rings. The fourth-order valence-corrected chi connectivity index (χ4v) is 2.57. The molecule has 0 radical (unpaired) electrons. The number of primary amides is 1. The van der Waals surface area contributed by atoms with Crippen LogP contribution in [0.3, 0.4) is 0 Å². The van der Waals surface area contributed by atoms with E-state index < -0.39 is 5.91 Å². The van der Waals surface area contributed by atoms with Gasteiger partial charge in [-0.15, -0.1) is 11.3 Å². The number of thiophene rings is 1. The molecule has 98 valence electrons. The first kappa shape index (κ1) is 13.9. The van der Waals surface area contributed by atoms with E-state index in [4.69, 9.17) is 28.9 Å². The number of rotatable bonds is 3. The topological polar surface area (TPSA) is 72.2 Å². The van der Waals surface area contributed by atoms with Gasteiger partial charge in [0.1, 0.15) is 0 Å². The average molecular weight is 315 g/mol. The molecule has 0 aliphatic rings. The molecule has 19 heavy (non-hydrogen) atoms. The molecule has 7 heteroatoms. The minimum Gasteiger partial charge on any atom is -0.366 e. The van der Waals surface area contributed by atoms with Crippen LogP contribution in [0.25, 0.3) is 0 Å². The Kier molecular flexibility index (Phi) is 4.09. The van der Waals surface area contributed by atoms with E-state index in [2.05, 4.69) is 5.32 Å². The van der Waals surface area contributed by atoms with Crippen molar-refractivity contribution in [3.8, 4) is 0 Å². The smallest absolute Gasteiger partial charge is 0.265 e. The molecule has 3 N–H and O–H groups in total. The van der Waals surface area contributed by atoms with Crippen LogP contribution in [0.1, 0.15) is 20.0 Å². The predicted octanol–water partition coefficient (Wildman–Crippen LogP) is 3.41. The van der Waals surface area contributed by atoms with Crippen molar-refractivity contribution in [2.45, 2.75) is 0 Å². The highest BCUT2D eigenvalue weighted by Crippen LogP contribution is 2.29. The van der Waals surface area contributed by atoms with Crippen LogP contribution in [-0.2, 0) is 0 Å². The summed E-state index contributed by atoms with van der Waals surface area (Å²) >= 11 is 13.1. The van der Waals surface area contributed by atoms with Gasteiger partial charge >= 0.3 is 0 Å². The zero-order chi connectivity index (χ0) is 14.0. The van der Waals surface area contributed by atoms with Gasteiger partial charge in [-0.2, -0.15) is 0 Å². The zero-order valence-electron chi connectivity index (χ0n) is 9.44. The maximum atomic E-state index is 11.9. The molecule has 1 heterocycles. The molecule has 2 amide bonds. The van der Waals surface area contributed by atoms with E-state index in [0.29, 0.717) is 10.6 Å². The summed E-state index contributed by atoms with van der Waals surface area (Å²) in [5, 5.41) is 4.77. The summed E-state index contributed by atoms with van der Waals surface area (Å²) in [5.41, 5.74) is 5.58. The molecule has 1 aromatic heterocycles. The fourth-order valence-electron chi connectivity index (χ4n) is 1.43. The van der Waals surface area contributed by atoms with Gasteiger partial charge in [0.15, 0.2) is 0 Å². The fraction of sp³-hybridized carbons (Fsp3) is 0. The summed E-state index contributed by atoms with van der Waals surface area (Å²) in [7, 11) is 0. The highest BCUT2D eigenvalue weighted by atomic mass is 35.5. The second-order valence-corrected chi connectivity index (χ2v) is 5.37. The highest BCUT2D eigenvalue weighted by molar-refractivity contribution is 7.12. The van der Waals surface area contributed by atoms with Gasteiger partial charge in [0.05, 0.1) is 26.2 Å². The first-order valence-corrected chi connectivity index (χ1v) is 6.76. The SMILES string of the molecule is NC(=O)c1cc(NC(=O)c2cccs2)c(Cl)cc1Cl. The number of halogens is 2. The molecule has 0 unspecified atom stereocenters. The largest absolute Gasteiger partial charge is 0.366 e. The van der Waals surface area contributed by atoms with Crippen molar-refractivity contribution >= 4 is 52.0 Å². The van der Waals surface area contributed by atoms with Gasteiger partial charge in [0.2, 0.25) is 5.91 Å². The number of anilines is 1. The number of nitrogens with two attached hydrogens (primary N) is 1. The monoisotopic (exact) mass is 314 g/mol. The van der Waals surface area contributed by atoms with Gasteiger partial charge in [-0.25, -0.2) is 0 Å². The van der Waals surface area contributed by atoms with Crippen LogP contribution in [0.4, 0.5) is 5.69 Å². The Bertz CT molecular complexity index is 641. The molecule has 4 nitrogen and oxygen atoms in total. The van der Waals surface area contributed by atoms with E-state index in [0.717, 1.165) is 0 Å². The van der Waals surface area contributed by atoms with E-state index in [1.807, 2.05) is 0 Å². The van der Waals surface area contributed by atoms with Gasteiger partial charge in [-0.1, -0.05) is 29.3 Å². The molecular weight excluding hydrogens is 307 g/mol. The predicted molar refractivity (Wildman–Crippen MR) is 77.3 cm³/mol. The summed E-state index contributed by atoms with van der Waals surface area (Å²) in [6.07, 6.45) is 0. The minimum absolute atomic E-state index is 0.104. The summed E-state index contributed by atoms with van der Waals surface area (Å²) < 4.78 is 0. The van der Waals surface area contributed by atoms with Crippen molar-refractivity contribution in [2.24, 2.45) is 5.73 Å². The van der Waals surface area contributed by atoms with E-state index in [1.54, 1.807) is 17.5 Å². The summed E-state index contributed by atoms with van der Waals surface area (Å²) in [6, 6.07) is 6.17. The molecule has 0 aliphatic carbocycles. The maximum absolute atomic E-state index is 11.9. The normalized spacial score (nSPS) is 10.2. The number of amides is 2. The van der Waals surface area contributed by atoms with Crippen LogP contribution in [0.5, 0.6) is 0 Å². The Morgan fingerprint density at radius 3 is 2.53 bits per heavy atom. The number of hydrogen-bond acceptors (Lipinski definition) is 3. The third-order valence-electron chi connectivity index (χ3n) is 2.32. The lowest BCUT2D eigenvalue weighted by atomic mass is 10.2. The van der Waals surface area contributed by atoms with Crippen LogP contribution in [0, 0.1) is 0 Å². The third-order valence-corrected chi connectivity index (χ3v) is 3.81. The third kappa shape index (κ3) is 3.07. The summed E-state index contributed by atoms with van der Waals surface area (Å²) in [5.74, 6) is -0.997. The van der Waals surface area contributed by atoms with Crippen LogP contribution < -0.4 is 11.1 Å². The molecule has 0 fully saturated rings. The number of carbonyl (C=O) groups is 2. The number of carbonyl (C=O) groups excluding carboxylic acids is 2. The van der Waals surface area contributed by atoms with Crippen molar-refractivity contribution < 1.29 is 9.59 Å². The molecule has 2 rings (SSSR count). The lowest BCUT2D eigenvalue weighted by molar-refractivity contribution is 0.0996. The highest BCUT2D eigenvalue weighted by Gasteiger charge is 2.14. The van der Waals surface area contributed by atoms with Gasteiger partial charge in [-0.3, -0.25) is 9.59 Å². The molecule has 0 spiro atoms. The van der Waals surface area contributed by atoms with Crippen molar-refractivity contribution in [3.05, 3.63) is 50.1 Å². The van der Waals surface area contributed by atoms with Crippen LogP contribution in [0.15, 0.2) is 29.6 Å². The standard InChI is InChI=1S/C12H8Cl2N2O2S/c13-7-5-8(14)9(4-6(7)11(15)17)16-12(18)10-2-1-3-19-10/h1-5H,(H2,15,17)(H,16,18). The molecule has 0 saturated carbocycles. The van der Waals surface area contributed by atoms with Crippen molar-refractivity contribution in [3.63, 3.8) is 0 Å². The van der Waals surface area contributed by atoms with Crippen molar-refractivity contribution in [1.29, 1.82) is 0 Å². The number of hydrogen-bond donors (Lipinski definition) is 2. The van der Waals surface area contributed by atoms with Gasteiger partial charge < -0.3 is 11.1 Å². The first-order chi connectivity index (χ1) is 8.99. The second-order valence-electron chi connectivity index (χ2n) is 3.61.